The summed E-state index contributed by atoms with van der Waals surface area (Å²) in [5, 5.41) is 13.1. The number of furan rings is 2. The van der Waals surface area contributed by atoms with Gasteiger partial charge in [0, 0.05) is 48.8 Å². The van der Waals surface area contributed by atoms with Crippen molar-refractivity contribution in [3.63, 3.8) is 0 Å². The minimum atomic E-state index is 0.516. The van der Waals surface area contributed by atoms with Gasteiger partial charge < -0.3 is 13.4 Å². The van der Waals surface area contributed by atoms with Gasteiger partial charge in [0.05, 0.1) is 16.6 Å². The molecular formula is C57H32N4O2. The minimum absolute atomic E-state index is 0.516. The van der Waals surface area contributed by atoms with E-state index >= 15 is 0 Å². The molecule has 0 unspecified atom stereocenters. The summed E-state index contributed by atoms with van der Waals surface area (Å²) < 4.78 is 16.2. The molecule has 0 amide bonds. The molecule has 4 heterocycles. The van der Waals surface area contributed by atoms with Gasteiger partial charge in [-0.3, -0.25) is 0 Å². The summed E-state index contributed by atoms with van der Waals surface area (Å²) in [6.07, 6.45) is 0. The smallest absolute Gasteiger partial charge is 0.167 e. The maximum absolute atomic E-state index is 7.24. The highest BCUT2D eigenvalue weighted by Crippen LogP contribution is 2.45. The van der Waals surface area contributed by atoms with Crippen molar-refractivity contribution in [3.05, 3.63) is 194 Å². The zero-order valence-electron chi connectivity index (χ0n) is 33.6. The molecule has 0 saturated heterocycles. The molecule has 0 bridgehead atoms. The number of hydrogen-bond acceptors (Lipinski definition) is 5. The van der Waals surface area contributed by atoms with Gasteiger partial charge in [0.25, 0.3) is 0 Å². The van der Waals surface area contributed by atoms with Crippen LogP contribution >= 0.6 is 0 Å². The third kappa shape index (κ3) is 4.97. The predicted octanol–water partition coefficient (Wildman–Crippen LogP) is 15.2. The highest BCUT2D eigenvalue weighted by molar-refractivity contribution is 6.20. The molecule has 4 aromatic heterocycles. The molecule has 14 aromatic rings. The second-order valence-electron chi connectivity index (χ2n) is 16.3. The van der Waals surface area contributed by atoms with Crippen molar-refractivity contribution in [1.29, 1.82) is 0 Å². The summed E-state index contributed by atoms with van der Waals surface area (Å²) in [7, 11) is 0. The van der Waals surface area contributed by atoms with Crippen LogP contribution in [0.15, 0.2) is 203 Å². The summed E-state index contributed by atoms with van der Waals surface area (Å²) in [4.78, 5) is 16.2. The van der Waals surface area contributed by atoms with Crippen molar-refractivity contribution in [3.8, 4) is 39.9 Å². The first kappa shape index (κ1) is 34.1. The molecule has 0 aliphatic rings. The fourth-order valence-electron chi connectivity index (χ4n) is 9.93. The average molecular weight is 805 g/mol. The molecule has 0 fully saturated rings. The standard InChI is InChI=1S/C57H32N4O2/c1-2-16-36-32-49-47(31-35(36)15-1)39-20-7-9-25-48(39)61(49)51-45(30-29-43-42-28-27-34-14-4-6-19-38(34)52(42)63-54(43)51)56-58-55(44-23-11-17-33-13-3-5-18-37(33)44)59-57(60-56)46-24-12-22-41-40-21-8-10-26-50(40)62-53(41)46/h1-32H. The fraction of sp³-hybridized carbons (Fsp3) is 0. The molecule has 0 radical (unpaired) electrons. The molecule has 63 heavy (non-hydrogen) atoms. The third-order valence-corrected chi connectivity index (χ3v) is 12.8. The van der Waals surface area contributed by atoms with E-state index in [1.165, 1.54) is 5.39 Å². The Bertz CT molecular complexity index is 4230. The molecule has 292 valence electrons. The Morgan fingerprint density at radius 1 is 0.302 bits per heavy atom. The van der Waals surface area contributed by atoms with Crippen LogP contribution in [0.25, 0.3) is 138 Å². The van der Waals surface area contributed by atoms with Gasteiger partial charge in [-0.15, -0.1) is 0 Å². The molecule has 6 nitrogen and oxygen atoms in total. The molecule has 14 rings (SSSR count). The summed E-state index contributed by atoms with van der Waals surface area (Å²) >= 11 is 0. The first-order valence-corrected chi connectivity index (χ1v) is 21.2. The van der Waals surface area contributed by atoms with Crippen LogP contribution in [0.1, 0.15) is 0 Å². The lowest BCUT2D eigenvalue weighted by Gasteiger charge is -2.16. The van der Waals surface area contributed by atoms with Gasteiger partial charge in [-0.25, -0.2) is 15.0 Å². The van der Waals surface area contributed by atoms with Gasteiger partial charge in [-0.05, 0) is 75.5 Å². The normalized spacial score (nSPS) is 12.1. The van der Waals surface area contributed by atoms with Crippen LogP contribution in [-0.4, -0.2) is 19.5 Å². The van der Waals surface area contributed by atoms with Crippen molar-refractivity contribution in [2.45, 2.75) is 0 Å². The Balaban J connectivity index is 1.15. The number of para-hydroxylation sites is 3. The first-order chi connectivity index (χ1) is 31.2. The number of hydrogen-bond donors (Lipinski definition) is 0. The van der Waals surface area contributed by atoms with Crippen LogP contribution in [0.3, 0.4) is 0 Å². The zero-order valence-corrected chi connectivity index (χ0v) is 33.6. The van der Waals surface area contributed by atoms with Crippen LogP contribution in [0.5, 0.6) is 0 Å². The highest BCUT2D eigenvalue weighted by atomic mass is 16.3. The van der Waals surface area contributed by atoms with E-state index in [1.807, 2.05) is 24.3 Å². The molecule has 0 N–H and O–H groups in total. The third-order valence-electron chi connectivity index (χ3n) is 12.8. The summed E-state index contributed by atoms with van der Waals surface area (Å²) in [6, 6.07) is 67.9. The lowest BCUT2D eigenvalue weighted by molar-refractivity contribution is 0.669. The minimum Gasteiger partial charge on any atom is -0.455 e. The SMILES string of the molecule is c1ccc2cc3c(cc2c1)c1ccccc1n3-c1c(-c2nc(-c3cccc4ccccc34)nc(-c3cccc4c3oc3ccccc34)n2)ccc2c1oc1c3ccccc3ccc21. The van der Waals surface area contributed by atoms with Crippen LogP contribution in [0, 0.1) is 0 Å². The van der Waals surface area contributed by atoms with Crippen molar-refractivity contribution in [2.75, 3.05) is 0 Å². The van der Waals surface area contributed by atoms with Crippen molar-refractivity contribution >= 4 is 98.0 Å². The van der Waals surface area contributed by atoms with Gasteiger partial charge in [-0.1, -0.05) is 146 Å². The topological polar surface area (TPSA) is 69.9 Å². The average Bonchev–Trinajstić information content (AvgIpc) is 4.02. The molecule has 0 aliphatic heterocycles. The summed E-state index contributed by atoms with van der Waals surface area (Å²) in [5.41, 5.74) is 8.62. The zero-order chi connectivity index (χ0) is 41.2. The Morgan fingerprint density at radius 3 is 1.70 bits per heavy atom. The van der Waals surface area contributed by atoms with E-state index in [9.17, 15) is 0 Å². The lowest BCUT2D eigenvalue weighted by Crippen LogP contribution is -2.04. The molecule has 6 heteroatoms. The highest BCUT2D eigenvalue weighted by Gasteiger charge is 2.26. The quantitative estimate of drug-likeness (QED) is 0.177. The lowest BCUT2D eigenvalue weighted by atomic mass is 10.0. The van der Waals surface area contributed by atoms with E-state index in [2.05, 4.69) is 174 Å². The molecule has 10 aromatic carbocycles. The van der Waals surface area contributed by atoms with Crippen molar-refractivity contribution in [1.82, 2.24) is 19.5 Å². The van der Waals surface area contributed by atoms with Gasteiger partial charge in [0.15, 0.2) is 23.1 Å². The molecule has 0 aliphatic carbocycles. The monoisotopic (exact) mass is 804 g/mol. The fourth-order valence-corrected chi connectivity index (χ4v) is 9.93. The van der Waals surface area contributed by atoms with E-state index in [1.54, 1.807) is 0 Å². The number of fused-ring (bicyclic) bond motifs is 13. The van der Waals surface area contributed by atoms with Gasteiger partial charge in [0.1, 0.15) is 22.4 Å². The molecular weight excluding hydrogens is 773 g/mol. The summed E-state index contributed by atoms with van der Waals surface area (Å²) in [5.74, 6) is 1.60. The van der Waals surface area contributed by atoms with E-state index in [0.29, 0.717) is 17.5 Å². The Morgan fingerprint density at radius 2 is 0.857 bits per heavy atom. The number of rotatable bonds is 4. The number of benzene rings is 10. The Hall–Kier alpha value is -8.61. The Kier molecular flexibility index (Phi) is 7.02. The van der Waals surface area contributed by atoms with Crippen LogP contribution in [0.2, 0.25) is 0 Å². The summed E-state index contributed by atoms with van der Waals surface area (Å²) in [6.45, 7) is 0. The van der Waals surface area contributed by atoms with Crippen LogP contribution in [-0.2, 0) is 0 Å². The van der Waals surface area contributed by atoms with E-state index in [-0.39, 0.29) is 0 Å². The van der Waals surface area contributed by atoms with E-state index < -0.39 is 0 Å². The predicted molar refractivity (Wildman–Crippen MR) is 258 cm³/mol. The molecule has 0 atom stereocenters. The van der Waals surface area contributed by atoms with E-state index in [4.69, 9.17) is 23.8 Å². The van der Waals surface area contributed by atoms with E-state index in [0.717, 1.165) is 115 Å². The Labute approximate surface area is 358 Å². The first-order valence-electron chi connectivity index (χ1n) is 21.2. The number of aromatic nitrogens is 4. The van der Waals surface area contributed by atoms with Crippen LogP contribution < -0.4 is 0 Å². The maximum Gasteiger partial charge on any atom is 0.167 e. The van der Waals surface area contributed by atoms with Gasteiger partial charge in [0.2, 0.25) is 0 Å². The van der Waals surface area contributed by atoms with Crippen LogP contribution in [0.4, 0.5) is 0 Å². The molecule has 0 spiro atoms. The van der Waals surface area contributed by atoms with Gasteiger partial charge >= 0.3 is 0 Å². The number of nitrogens with zero attached hydrogens (tertiary/aromatic N) is 4. The second kappa shape index (κ2) is 12.9. The van der Waals surface area contributed by atoms with Crippen molar-refractivity contribution in [2.24, 2.45) is 0 Å². The van der Waals surface area contributed by atoms with Crippen molar-refractivity contribution < 1.29 is 8.83 Å². The van der Waals surface area contributed by atoms with Gasteiger partial charge in [-0.2, -0.15) is 0 Å². The molecule has 0 saturated carbocycles. The largest absolute Gasteiger partial charge is 0.455 e. The maximum atomic E-state index is 7.24. The second-order valence-corrected chi connectivity index (χ2v) is 16.3.